The minimum Gasteiger partial charge on any atom is -0.496 e. The monoisotopic (exact) mass is 297 g/mol. The molecular formula is C19H23NO2. The number of carbonyl (C=O) groups is 1. The zero-order chi connectivity index (χ0) is 16.3. The van der Waals surface area contributed by atoms with Crippen LogP contribution < -0.4 is 10.1 Å². The average molecular weight is 297 g/mol. The first-order valence-corrected chi connectivity index (χ1v) is 7.45. The topological polar surface area (TPSA) is 38.3 Å². The molecule has 0 bridgehead atoms. The fraction of sp³-hybridized carbons (Fsp3) is 0.316. The van der Waals surface area contributed by atoms with Crippen molar-refractivity contribution in [2.75, 3.05) is 7.11 Å². The molecule has 2 aromatic rings. The zero-order valence-corrected chi connectivity index (χ0v) is 13.9. The van der Waals surface area contributed by atoms with E-state index in [0.29, 0.717) is 11.3 Å². The fourth-order valence-electron chi connectivity index (χ4n) is 2.63. The lowest BCUT2D eigenvalue weighted by molar-refractivity contribution is 0.0937. The second-order valence-electron chi connectivity index (χ2n) is 5.69. The van der Waals surface area contributed by atoms with Crippen LogP contribution in [-0.4, -0.2) is 13.0 Å². The molecule has 0 saturated heterocycles. The normalized spacial score (nSPS) is 11.9. The van der Waals surface area contributed by atoms with Crippen LogP contribution in [-0.2, 0) is 0 Å². The summed E-state index contributed by atoms with van der Waals surface area (Å²) in [5.74, 6) is 0.464. The van der Waals surface area contributed by atoms with E-state index in [0.717, 1.165) is 5.56 Å². The van der Waals surface area contributed by atoms with Crippen molar-refractivity contribution in [2.24, 2.45) is 0 Å². The molecule has 1 amide bonds. The molecule has 2 aromatic carbocycles. The Morgan fingerprint density at radius 3 is 2.36 bits per heavy atom. The van der Waals surface area contributed by atoms with Crippen molar-refractivity contribution in [2.45, 2.75) is 33.7 Å². The Labute approximate surface area is 132 Å². The Hall–Kier alpha value is -2.29. The Bertz CT molecular complexity index is 692. The van der Waals surface area contributed by atoms with E-state index in [1.54, 1.807) is 19.2 Å². The van der Waals surface area contributed by atoms with Gasteiger partial charge in [0.05, 0.1) is 18.7 Å². The molecule has 0 spiro atoms. The Morgan fingerprint density at radius 2 is 1.68 bits per heavy atom. The van der Waals surface area contributed by atoms with E-state index in [1.807, 2.05) is 19.1 Å². The van der Waals surface area contributed by atoms with Gasteiger partial charge in [0.1, 0.15) is 5.75 Å². The van der Waals surface area contributed by atoms with E-state index in [1.165, 1.54) is 16.7 Å². The minimum atomic E-state index is -0.123. The zero-order valence-electron chi connectivity index (χ0n) is 13.9. The Morgan fingerprint density at radius 1 is 1.05 bits per heavy atom. The average Bonchev–Trinajstić information content (AvgIpc) is 2.50. The summed E-state index contributed by atoms with van der Waals surface area (Å²) in [6.45, 7) is 8.27. The molecule has 0 aliphatic heterocycles. The first-order chi connectivity index (χ1) is 10.4. The number of aryl methyl sites for hydroxylation is 3. The maximum atomic E-state index is 12.5. The number of ether oxygens (including phenoxy) is 1. The number of nitrogens with one attached hydrogen (secondary N) is 1. The van der Waals surface area contributed by atoms with Crippen LogP contribution in [0, 0.1) is 20.8 Å². The molecule has 0 aliphatic carbocycles. The molecule has 0 aliphatic rings. The van der Waals surface area contributed by atoms with Gasteiger partial charge in [0.25, 0.3) is 5.91 Å². The smallest absolute Gasteiger partial charge is 0.255 e. The second-order valence-corrected chi connectivity index (χ2v) is 5.69. The SMILES string of the molecule is COc1ccccc1C(=O)N[C@H](C)c1cc(C)c(C)cc1C. The van der Waals surface area contributed by atoms with Crippen LogP contribution in [0.2, 0.25) is 0 Å². The van der Waals surface area contributed by atoms with Crippen LogP contribution in [0.4, 0.5) is 0 Å². The van der Waals surface area contributed by atoms with E-state index in [9.17, 15) is 4.79 Å². The van der Waals surface area contributed by atoms with Gasteiger partial charge in [0.15, 0.2) is 0 Å². The van der Waals surface area contributed by atoms with Crippen molar-refractivity contribution in [3.05, 3.63) is 64.2 Å². The highest BCUT2D eigenvalue weighted by Crippen LogP contribution is 2.23. The van der Waals surface area contributed by atoms with Crippen LogP contribution in [0.5, 0.6) is 5.75 Å². The highest BCUT2D eigenvalue weighted by atomic mass is 16.5. The third kappa shape index (κ3) is 3.30. The molecule has 2 rings (SSSR count). The number of methoxy groups -OCH3 is 1. The molecule has 1 N–H and O–H groups in total. The van der Waals surface area contributed by atoms with Crippen molar-refractivity contribution in [1.29, 1.82) is 0 Å². The fourth-order valence-corrected chi connectivity index (χ4v) is 2.63. The van der Waals surface area contributed by atoms with Gasteiger partial charge in [-0.15, -0.1) is 0 Å². The summed E-state index contributed by atoms with van der Waals surface area (Å²) < 4.78 is 5.25. The van der Waals surface area contributed by atoms with Gasteiger partial charge in [-0.2, -0.15) is 0 Å². The molecule has 116 valence electrons. The van der Waals surface area contributed by atoms with Gasteiger partial charge in [0, 0.05) is 0 Å². The molecular weight excluding hydrogens is 274 g/mol. The van der Waals surface area contributed by atoms with Gasteiger partial charge in [-0.3, -0.25) is 4.79 Å². The van der Waals surface area contributed by atoms with Gasteiger partial charge in [-0.05, 0) is 62.1 Å². The highest BCUT2D eigenvalue weighted by Gasteiger charge is 2.16. The summed E-state index contributed by atoms with van der Waals surface area (Å²) in [6, 6.07) is 11.5. The Balaban J connectivity index is 2.23. The first kappa shape index (κ1) is 16.1. The highest BCUT2D eigenvalue weighted by molar-refractivity contribution is 5.97. The maximum Gasteiger partial charge on any atom is 0.255 e. The standard InChI is InChI=1S/C19H23NO2/c1-12-10-14(3)17(11-13(12)2)15(4)20-19(21)16-8-6-7-9-18(16)22-5/h6-11,15H,1-5H3,(H,20,21)/t15-/m1/s1. The lowest BCUT2D eigenvalue weighted by atomic mass is 9.96. The predicted octanol–water partition coefficient (Wildman–Crippen LogP) is 4.11. The number of hydrogen-bond donors (Lipinski definition) is 1. The van der Waals surface area contributed by atoms with E-state index >= 15 is 0 Å². The number of amides is 1. The van der Waals surface area contributed by atoms with Crippen molar-refractivity contribution in [3.8, 4) is 5.75 Å². The van der Waals surface area contributed by atoms with Crippen molar-refractivity contribution in [1.82, 2.24) is 5.32 Å². The molecule has 22 heavy (non-hydrogen) atoms. The second kappa shape index (κ2) is 6.65. The molecule has 0 fully saturated rings. The number of rotatable bonds is 4. The van der Waals surface area contributed by atoms with E-state index < -0.39 is 0 Å². The first-order valence-electron chi connectivity index (χ1n) is 7.45. The summed E-state index contributed by atoms with van der Waals surface area (Å²) in [5.41, 5.74) is 5.39. The molecule has 0 radical (unpaired) electrons. The number of benzene rings is 2. The van der Waals surface area contributed by atoms with Crippen LogP contribution >= 0.6 is 0 Å². The molecule has 1 atom stereocenters. The minimum absolute atomic E-state index is 0.0586. The van der Waals surface area contributed by atoms with Crippen molar-refractivity contribution >= 4 is 5.91 Å². The van der Waals surface area contributed by atoms with Crippen molar-refractivity contribution in [3.63, 3.8) is 0 Å². The molecule has 0 heterocycles. The maximum absolute atomic E-state index is 12.5. The lowest BCUT2D eigenvalue weighted by Gasteiger charge is -2.19. The molecule has 0 saturated carbocycles. The third-order valence-electron chi connectivity index (χ3n) is 4.05. The van der Waals surface area contributed by atoms with Crippen LogP contribution in [0.1, 0.15) is 45.6 Å². The van der Waals surface area contributed by atoms with Crippen LogP contribution in [0.25, 0.3) is 0 Å². The molecule has 0 aromatic heterocycles. The van der Waals surface area contributed by atoms with Crippen LogP contribution in [0.3, 0.4) is 0 Å². The van der Waals surface area contributed by atoms with E-state index in [-0.39, 0.29) is 11.9 Å². The summed E-state index contributed by atoms with van der Waals surface area (Å²) >= 11 is 0. The summed E-state index contributed by atoms with van der Waals surface area (Å²) in [7, 11) is 1.57. The Kier molecular flexibility index (Phi) is 4.86. The van der Waals surface area contributed by atoms with E-state index in [4.69, 9.17) is 4.74 Å². The number of hydrogen-bond acceptors (Lipinski definition) is 2. The van der Waals surface area contributed by atoms with Crippen molar-refractivity contribution < 1.29 is 9.53 Å². The summed E-state index contributed by atoms with van der Waals surface area (Å²) in [4.78, 5) is 12.5. The van der Waals surface area contributed by atoms with Gasteiger partial charge in [0.2, 0.25) is 0 Å². The third-order valence-corrected chi connectivity index (χ3v) is 4.05. The largest absolute Gasteiger partial charge is 0.496 e. The summed E-state index contributed by atoms with van der Waals surface area (Å²) in [6.07, 6.45) is 0. The molecule has 3 nitrogen and oxygen atoms in total. The van der Waals surface area contributed by atoms with E-state index in [2.05, 4.69) is 38.2 Å². The molecule has 3 heteroatoms. The number of para-hydroxylation sites is 1. The molecule has 0 unspecified atom stereocenters. The van der Waals surface area contributed by atoms with Gasteiger partial charge >= 0.3 is 0 Å². The van der Waals surface area contributed by atoms with Crippen LogP contribution in [0.15, 0.2) is 36.4 Å². The quantitative estimate of drug-likeness (QED) is 0.922. The predicted molar refractivity (Wildman–Crippen MR) is 89.5 cm³/mol. The van der Waals surface area contributed by atoms with Gasteiger partial charge in [-0.1, -0.05) is 24.3 Å². The van der Waals surface area contributed by atoms with Gasteiger partial charge < -0.3 is 10.1 Å². The number of carbonyl (C=O) groups excluding carboxylic acids is 1. The summed E-state index contributed by atoms with van der Waals surface area (Å²) in [5, 5.41) is 3.06. The lowest BCUT2D eigenvalue weighted by Crippen LogP contribution is -2.27. The van der Waals surface area contributed by atoms with Gasteiger partial charge in [-0.25, -0.2) is 0 Å².